The second kappa shape index (κ2) is 18.3. The summed E-state index contributed by atoms with van der Waals surface area (Å²) in [5, 5.41) is 12.1. The third-order valence-electron chi connectivity index (χ3n) is 7.33. The van der Waals surface area contributed by atoms with Gasteiger partial charge in [-0.2, -0.15) is 0 Å². The van der Waals surface area contributed by atoms with Crippen molar-refractivity contribution in [1.29, 1.82) is 0 Å². The van der Waals surface area contributed by atoms with Crippen LogP contribution in [0.1, 0.15) is 101 Å². The van der Waals surface area contributed by atoms with Crippen LogP contribution in [0.3, 0.4) is 0 Å². The molecule has 0 saturated heterocycles. The quantitative estimate of drug-likeness (QED) is 0.122. The molecule has 5 nitrogen and oxygen atoms in total. The molecule has 3 rings (SSSR count). The molecule has 214 valence electrons. The number of nitrogens with one attached hydrogen (secondary N) is 1. The number of carboxylic acid groups (broad SMARTS) is 1. The van der Waals surface area contributed by atoms with Crippen molar-refractivity contribution in [2.24, 2.45) is 0 Å². The van der Waals surface area contributed by atoms with Crippen molar-refractivity contribution in [2.75, 3.05) is 18.1 Å². The number of carbonyl (C=O) groups is 2. The van der Waals surface area contributed by atoms with E-state index in [0.29, 0.717) is 5.75 Å². The highest BCUT2D eigenvalue weighted by Crippen LogP contribution is 2.44. The molecule has 0 radical (unpaired) electrons. The standard InChI is InChI=1S/C32H45NO4S2/c1-2-3-4-5-6-7-8-9-10-11-12-17-22-38-39-24-30(31(34)35)33-32(36)37-23-29-27-20-15-13-18-25(27)26-19-14-16-21-28(26)29/h13-16,18-21,29-30H,2-12,17,22-24H2,1H3,(H,33,36)(H,34,35)/t30-/m0/s1. The van der Waals surface area contributed by atoms with Gasteiger partial charge < -0.3 is 15.2 Å². The fourth-order valence-corrected chi connectivity index (χ4v) is 7.44. The fraction of sp³-hybridized carbons (Fsp3) is 0.562. The Labute approximate surface area is 242 Å². The molecule has 0 bridgehead atoms. The van der Waals surface area contributed by atoms with Crippen molar-refractivity contribution in [3.63, 3.8) is 0 Å². The number of fused-ring (bicyclic) bond motifs is 3. The minimum absolute atomic E-state index is 0.0492. The van der Waals surface area contributed by atoms with Gasteiger partial charge in [-0.1, -0.05) is 148 Å². The lowest BCUT2D eigenvalue weighted by molar-refractivity contribution is -0.138. The maximum Gasteiger partial charge on any atom is 0.407 e. The zero-order valence-corrected chi connectivity index (χ0v) is 25.0. The number of carbonyl (C=O) groups excluding carboxylic acids is 1. The molecule has 0 spiro atoms. The van der Waals surface area contributed by atoms with Crippen molar-refractivity contribution in [3.05, 3.63) is 59.7 Å². The zero-order valence-electron chi connectivity index (χ0n) is 23.4. The van der Waals surface area contributed by atoms with Crippen molar-refractivity contribution in [2.45, 2.75) is 95.9 Å². The van der Waals surface area contributed by atoms with Crippen LogP contribution in [0.25, 0.3) is 11.1 Å². The molecule has 2 N–H and O–H groups in total. The van der Waals surface area contributed by atoms with Gasteiger partial charge in [-0.3, -0.25) is 0 Å². The Morgan fingerprint density at radius 3 is 1.85 bits per heavy atom. The Balaban J connectivity index is 1.25. The summed E-state index contributed by atoms with van der Waals surface area (Å²) in [6.07, 6.45) is 15.2. The maximum absolute atomic E-state index is 12.5. The predicted octanol–water partition coefficient (Wildman–Crippen LogP) is 9.06. The summed E-state index contributed by atoms with van der Waals surface area (Å²) >= 11 is 0. The minimum Gasteiger partial charge on any atom is -0.480 e. The second-order valence-corrected chi connectivity index (χ2v) is 13.0. The van der Waals surface area contributed by atoms with Crippen molar-refractivity contribution in [3.8, 4) is 11.1 Å². The van der Waals surface area contributed by atoms with E-state index in [9.17, 15) is 14.7 Å². The fourth-order valence-electron chi connectivity index (χ4n) is 5.13. The molecule has 2 aromatic rings. The summed E-state index contributed by atoms with van der Waals surface area (Å²) in [4.78, 5) is 24.2. The molecule has 1 aliphatic carbocycles. The second-order valence-electron chi connectivity index (χ2n) is 10.4. The van der Waals surface area contributed by atoms with Crippen molar-refractivity contribution in [1.82, 2.24) is 5.32 Å². The smallest absolute Gasteiger partial charge is 0.407 e. The lowest BCUT2D eigenvalue weighted by atomic mass is 9.98. The van der Waals surface area contributed by atoms with Crippen LogP contribution in [0.5, 0.6) is 0 Å². The van der Waals surface area contributed by atoms with Crippen LogP contribution in [-0.4, -0.2) is 41.3 Å². The number of amides is 1. The first-order valence-electron chi connectivity index (χ1n) is 14.7. The summed E-state index contributed by atoms with van der Waals surface area (Å²) in [7, 11) is 3.19. The molecule has 0 unspecified atom stereocenters. The van der Waals surface area contributed by atoms with Crippen LogP contribution in [0.4, 0.5) is 4.79 Å². The molecular formula is C32H45NO4S2. The first-order chi connectivity index (χ1) is 19.1. The molecule has 0 aliphatic heterocycles. The highest BCUT2D eigenvalue weighted by molar-refractivity contribution is 8.76. The van der Waals surface area contributed by atoms with E-state index in [4.69, 9.17) is 4.74 Å². The van der Waals surface area contributed by atoms with Crippen molar-refractivity contribution >= 4 is 33.7 Å². The highest BCUT2D eigenvalue weighted by Gasteiger charge is 2.29. The summed E-state index contributed by atoms with van der Waals surface area (Å²) in [6.45, 7) is 2.43. The van der Waals surface area contributed by atoms with E-state index in [-0.39, 0.29) is 12.5 Å². The van der Waals surface area contributed by atoms with E-state index < -0.39 is 18.1 Å². The number of benzene rings is 2. The normalized spacial score (nSPS) is 13.1. The molecule has 2 aromatic carbocycles. The van der Waals surface area contributed by atoms with E-state index in [1.165, 1.54) is 81.4 Å². The number of hydrogen-bond acceptors (Lipinski definition) is 5. The van der Waals surface area contributed by atoms with Crippen LogP contribution in [0.15, 0.2) is 48.5 Å². The van der Waals surface area contributed by atoms with Crippen LogP contribution in [0, 0.1) is 0 Å². The van der Waals surface area contributed by atoms with Crippen molar-refractivity contribution < 1.29 is 19.4 Å². The predicted molar refractivity (Wildman–Crippen MR) is 166 cm³/mol. The monoisotopic (exact) mass is 571 g/mol. The summed E-state index contributed by atoms with van der Waals surface area (Å²) < 4.78 is 5.52. The number of rotatable bonds is 20. The molecule has 1 amide bonds. The van der Waals surface area contributed by atoms with Gasteiger partial charge in [-0.05, 0) is 28.7 Å². The van der Waals surface area contributed by atoms with Crippen LogP contribution < -0.4 is 5.32 Å². The van der Waals surface area contributed by atoms with Crippen LogP contribution in [-0.2, 0) is 9.53 Å². The van der Waals surface area contributed by atoms with Gasteiger partial charge in [0.25, 0.3) is 0 Å². The van der Waals surface area contributed by atoms with Crippen LogP contribution >= 0.6 is 21.6 Å². The van der Waals surface area contributed by atoms with Gasteiger partial charge in [0.2, 0.25) is 0 Å². The Bertz CT molecular complexity index is 970. The lowest BCUT2D eigenvalue weighted by Crippen LogP contribution is -2.43. The largest absolute Gasteiger partial charge is 0.480 e. The Morgan fingerprint density at radius 2 is 1.31 bits per heavy atom. The van der Waals surface area contributed by atoms with E-state index in [2.05, 4.69) is 36.5 Å². The number of aliphatic carboxylic acids is 1. The first kappa shape index (κ1) is 31.4. The molecule has 0 heterocycles. The molecule has 0 fully saturated rings. The van der Waals surface area contributed by atoms with E-state index in [1.807, 2.05) is 24.3 Å². The summed E-state index contributed by atoms with van der Waals surface area (Å²) in [6, 6.07) is 15.3. The summed E-state index contributed by atoms with van der Waals surface area (Å²) in [5.74, 6) is 0.218. The van der Waals surface area contributed by atoms with Gasteiger partial charge >= 0.3 is 12.1 Å². The molecule has 0 aromatic heterocycles. The zero-order chi connectivity index (χ0) is 27.7. The third kappa shape index (κ3) is 10.8. The lowest BCUT2D eigenvalue weighted by Gasteiger charge is -2.17. The Morgan fingerprint density at radius 1 is 0.795 bits per heavy atom. The van der Waals surface area contributed by atoms with E-state index in [0.717, 1.165) is 34.4 Å². The van der Waals surface area contributed by atoms with Gasteiger partial charge in [0.05, 0.1) is 0 Å². The third-order valence-corrected chi connectivity index (χ3v) is 9.83. The molecule has 0 saturated carbocycles. The van der Waals surface area contributed by atoms with Gasteiger partial charge in [0.1, 0.15) is 12.6 Å². The van der Waals surface area contributed by atoms with Gasteiger partial charge in [-0.15, -0.1) is 0 Å². The van der Waals surface area contributed by atoms with Gasteiger partial charge in [0.15, 0.2) is 0 Å². The summed E-state index contributed by atoms with van der Waals surface area (Å²) in [5.41, 5.74) is 4.58. The number of unbranched alkanes of at least 4 members (excludes halogenated alkanes) is 11. The minimum atomic E-state index is -1.04. The maximum atomic E-state index is 12.5. The average Bonchev–Trinajstić information content (AvgIpc) is 3.27. The number of hydrogen-bond donors (Lipinski definition) is 2. The average molecular weight is 572 g/mol. The Kier molecular flexibility index (Phi) is 14.7. The van der Waals surface area contributed by atoms with Gasteiger partial charge in [-0.25, -0.2) is 9.59 Å². The van der Waals surface area contributed by atoms with Crippen LogP contribution in [0.2, 0.25) is 0 Å². The number of ether oxygens (including phenoxy) is 1. The molecule has 7 heteroatoms. The number of carboxylic acids is 1. The first-order valence-corrected chi connectivity index (χ1v) is 17.2. The van der Waals surface area contributed by atoms with E-state index in [1.54, 1.807) is 10.8 Å². The molecule has 1 aliphatic rings. The highest BCUT2D eigenvalue weighted by atomic mass is 33.1. The van der Waals surface area contributed by atoms with E-state index >= 15 is 0 Å². The molecular weight excluding hydrogens is 526 g/mol. The Hall–Kier alpha value is -2.12. The molecule has 1 atom stereocenters. The van der Waals surface area contributed by atoms with Gasteiger partial charge in [0, 0.05) is 17.4 Å². The number of alkyl carbamates (subject to hydrolysis) is 1. The SMILES string of the molecule is CCCCCCCCCCCCCCSSC[C@H](NC(=O)OCC1c2ccccc2-c2ccccc21)C(=O)O. The topological polar surface area (TPSA) is 75.6 Å². The molecule has 39 heavy (non-hydrogen) atoms.